The van der Waals surface area contributed by atoms with Gasteiger partial charge in [0.25, 0.3) is 5.69 Å². The minimum Gasteiger partial charge on any atom is -0.347 e. The molecule has 0 bridgehead atoms. The van der Waals surface area contributed by atoms with Gasteiger partial charge in [-0.2, -0.15) is 0 Å². The van der Waals surface area contributed by atoms with Gasteiger partial charge in [0.15, 0.2) is 0 Å². The fourth-order valence-corrected chi connectivity index (χ4v) is 3.30. The van der Waals surface area contributed by atoms with Gasteiger partial charge in [0, 0.05) is 24.2 Å². The van der Waals surface area contributed by atoms with Crippen LogP contribution in [0, 0.1) is 10.1 Å². The molecule has 1 aliphatic heterocycles. The summed E-state index contributed by atoms with van der Waals surface area (Å²) < 4.78 is 0. The summed E-state index contributed by atoms with van der Waals surface area (Å²) in [5.41, 5.74) is 0.0246. The molecule has 3 rings (SSSR count). The molecule has 0 amide bonds. The Balaban J connectivity index is 1.88. The lowest BCUT2D eigenvalue weighted by Gasteiger charge is -2.35. The number of nitrogens with zero attached hydrogens (tertiary/aromatic N) is 4. The van der Waals surface area contributed by atoms with Crippen molar-refractivity contribution in [3.8, 4) is 0 Å². The number of nitro groups is 1. The van der Waals surface area contributed by atoms with Crippen molar-refractivity contribution < 1.29 is 4.92 Å². The van der Waals surface area contributed by atoms with Crippen molar-refractivity contribution in [2.75, 3.05) is 11.4 Å². The molecule has 7 heteroatoms. The molecule has 1 fully saturated rings. The number of rotatable bonds is 3. The van der Waals surface area contributed by atoms with E-state index in [9.17, 15) is 10.1 Å². The van der Waals surface area contributed by atoms with Crippen molar-refractivity contribution >= 4 is 22.8 Å². The van der Waals surface area contributed by atoms with Gasteiger partial charge in [0.2, 0.25) is 0 Å². The first kappa shape index (κ1) is 13.0. The van der Waals surface area contributed by atoms with Crippen molar-refractivity contribution in [1.82, 2.24) is 9.97 Å². The highest BCUT2D eigenvalue weighted by Gasteiger charge is 2.27. The average molecular weight is 290 g/mol. The number of thiazole rings is 1. The van der Waals surface area contributed by atoms with Gasteiger partial charge in [-0.15, -0.1) is 11.3 Å². The highest BCUT2D eigenvalue weighted by Crippen LogP contribution is 2.35. The van der Waals surface area contributed by atoms with E-state index in [1.165, 1.54) is 18.7 Å². The number of hydrogen-bond acceptors (Lipinski definition) is 6. The van der Waals surface area contributed by atoms with Gasteiger partial charge in [-0.1, -0.05) is 0 Å². The van der Waals surface area contributed by atoms with Crippen LogP contribution in [0.1, 0.15) is 30.3 Å². The summed E-state index contributed by atoms with van der Waals surface area (Å²) in [6, 6.07) is 3.47. The van der Waals surface area contributed by atoms with Crippen LogP contribution in [0.2, 0.25) is 0 Å². The van der Waals surface area contributed by atoms with Crippen molar-refractivity contribution in [1.29, 1.82) is 0 Å². The Morgan fingerprint density at radius 2 is 2.25 bits per heavy atom. The number of pyridine rings is 1. The number of piperidine rings is 1. The molecule has 0 N–H and O–H groups in total. The van der Waals surface area contributed by atoms with Gasteiger partial charge < -0.3 is 4.90 Å². The summed E-state index contributed by atoms with van der Waals surface area (Å²) in [7, 11) is 0. The third-order valence-electron chi connectivity index (χ3n) is 3.48. The van der Waals surface area contributed by atoms with Crippen LogP contribution in [0.5, 0.6) is 0 Å². The van der Waals surface area contributed by atoms with Gasteiger partial charge in [0.1, 0.15) is 17.0 Å². The summed E-state index contributed by atoms with van der Waals surface area (Å²) in [6.07, 6.45) is 6.47. The Morgan fingerprint density at radius 1 is 1.35 bits per heavy atom. The summed E-state index contributed by atoms with van der Waals surface area (Å²) >= 11 is 1.65. The SMILES string of the molecule is O=[N+]([O-])c1ccc(N2CCCC[C@H]2c2nccs2)nc1. The van der Waals surface area contributed by atoms with Gasteiger partial charge in [-0.25, -0.2) is 9.97 Å². The van der Waals surface area contributed by atoms with Gasteiger partial charge in [-0.05, 0) is 25.3 Å². The van der Waals surface area contributed by atoms with E-state index in [0.717, 1.165) is 30.2 Å². The minimum atomic E-state index is -0.425. The second-order valence-corrected chi connectivity index (χ2v) is 5.63. The minimum absolute atomic E-state index is 0.0246. The van der Waals surface area contributed by atoms with E-state index in [2.05, 4.69) is 14.9 Å². The number of hydrogen-bond donors (Lipinski definition) is 0. The molecule has 2 aromatic heterocycles. The molecule has 6 nitrogen and oxygen atoms in total. The van der Waals surface area contributed by atoms with Gasteiger partial charge in [-0.3, -0.25) is 10.1 Å². The van der Waals surface area contributed by atoms with E-state index in [-0.39, 0.29) is 11.7 Å². The molecule has 20 heavy (non-hydrogen) atoms. The average Bonchev–Trinajstić information content (AvgIpc) is 3.01. The molecular formula is C13H14N4O2S. The number of aromatic nitrogens is 2. The summed E-state index contributed by atoms with van der Waals surface area (Å²) in [5.74, 6) is 0.788. The molecule has 0 spiro atoms. The van der Waals surface area contributed by atoms with Crippen molar-refractivity contribution in [2.24, 2.45) is 0 Å². The zero-order valence-corrected chi connectivity index (χ0v) is 11.6. The monoisotopic (exact) mass is 290 g/mol. The van der Waals surface area contributed by atoms with Crippen LogP contribution in [0.25, 0.3) is 0 Å². The molecule has 1 saturated heterocycles. The maximum absolute atomic E-state index is 10.7. The van der Waals surface area contributed by atoms with Crippen LogP contribution in [-0.2, 0) is 0 Å². The van der Waals surface area contributed by atoms with E-state index < -0.39 is 4.92 Å². The fourth-order valence-electron chi connectivity index (χ4n) is 2.52. The molecule has 3 heterocycles. The van der Waals surface area contributed by atoms with Gasteiger partial charge >= 0.3 is 0 Å². The lowest BCUT2D eigenvalue weighted by molar-refractivity contribution is -0.385. The maximum atomic E-state index is 10.7. The zero-order chi connectivity index (χ0) is 13.9. The molecule has 1 atom stereocenters. The summed E-state index contributed by atoms with van der Waals surface area (Å²) in [6.45, 7) is 0.912. The van der Waals surface area contributed by atoms with E-state index in [4.69, 9.17) is 0 Å². The van der Waals surface area contributed by atoms with E-state index in [1.807, 2.05) is 11.6 Å². The highest BCUT2D eigenvalue weighted by molar-refractivity contribution is 7.09. The summed E-state index contributed by atoms with van der Waals surface area (Å²) in [5, 5.41) is 13.7. The number of anilines is 1. The first-order valence-corrected chi connectivity index (χ1v) is 7.40. The van der Waals surface area contributed by atoms with Crippen molar-refractivity contribution in [2.45, 2.75) is 25.3 Å². The normalized spacial score (nSPS) is 19.0. The van der Waals surface area contributed by atoms with E-state index in [1.54, 1.807) is 17.4 Å². The summed E-state index contributed by atoms with van der Waals surface area (Å²) in [4.78, 5) is 21.1. The molecule has 104 valence electrons. The Labute approximate surface area is 120 Å². The van der Waals surface area contributed by atoms with Crippen molar-refractivity contribution in [3.05, 3.63) is 45.0 Å². The van der Waals surface area contributed by atoms with Gasteiger partial charge in [0.05, 0.1) is 11.0 Å². The van der Waals surface area contributed by atoms with Crippen LogP contribution in [0.15, 0.2) is 29.9 Å². The predicted molar refractivity (Wildman–Crippen MR) is 76.9 cm³/mol. The van der Waals surface area contributed by atoms with E-state index >= 15 is 0 Å². The molecule has 0 unspecified atom stereocenters. The first-order valence-electron chi connectivity index (χ1n) is 6.52. The second-order valence-electron chi connectivity index (χ2n) is 4.71. The third-order valence-corrected chi connectivity index (χ3v) is 4.35. The molecule has 0 saturated carbocycles. The molecule has 1 aliphatic rings. The van der Waals surface area contributed by atoms with E-state index in [0.29, 0.717) is 0 Å². The van der Waals surface area contributed by atoms with Crippen LogP contribution >= 0.6 is 11.3 Å². The Kier molecular flexibility index (Phi) is 3.60. The molecular weight excluding hydrogens is 276 g/mol. The Hall–Kier alpha value is -2.02. The fraction of sp³-hybridized carbons (Fsp3) is 0.385. The molecule has 0 aromatic carbocycles. The Bertz CT molecular complexity index is 585. The zero-order valence-electron chi connectivity index (χ0n) is 10.8. The third kappa shape index (κ3) is 2.49. The largest absolute Gasteiger partial charge is 0.347 e. The van der Waals surface area contributed by atoms with Crippen LogP contribution in [0.3, 0.4) is 0 Å². The predicted octanol–water partition coefficient (Wildman–Crippen LogP) is 3.18. The van der Waals surface area contributed by atoms with Crippen LogP contribution in [0.4, 0.5) is 11.5 Å². The van der Waals surface area contributed by atoms with Crippen molar-refractivity contribution in [3.63, 3.8) is 0 Å². The lowest BCUT2D eigenvalue weighted by Crippen LogP contribution is -2.33. The molecule has 0 radical (unpaired) electrons. The lowest BCUT2D eigenvalue weighted by atomic mass is 10.0. The smallest absolute Gasteiger partial charge is 0.287 e. The Morgan fingerprint density at radius 3 is 2.90 bits per heavy atom. The first-order chi connectivity index (χ1) is 9.75. The van der Waals surface area contributed by atoms with Crippen LogP contribution in [-0.4, -0.2) is 21.4 Å². The topological polar surface area (TPSA) is 72.2 Å². The molecule has 0 aliphatic carbocycles. The second kappa shape index (κ2) is 5.54. The molecule has 2 aromatic rings. The standard InChI is InChI=1S/C13H14N4O2S/c18-17(19)10-4-5-12(15-9-10)16-7-2-1-3-11(16)13-14-6-8-20-13/h4-6,8-9,11H,1-3,7H2/t11-/m0/s1. The van der Waals surface area contributed by atoms with Crippen LogP contribution < -0.4 is 4.90 Å². The quantitative estimate of drug-likeness (QED) is 0.641. The highest BCUT2D eigenvalue weighted by atomic mass is 32.1. The maximum Gasteiger partial charge on any atom is 0.287 e.